The highest BCUT2D eigenvalue weighted by Gasteiger charge is 2.10. The molecule has 0 fully saturated rings. The Bertz CT molecular complexity index is 841. The molecule has 0 saturated carbocycles. The predicted molar refractivity (Wildman–Crippen MR) is 92.0 cm³/mol. The van der Waals surface area contributed by atoms with Gasteiger partial charge < -0.3 is 9.26 Å². The van der Waals surface area contributed by atoms with Crippen molar-refractivity contribution in [2.24, 2.45) is 0 Å². The van der Waals surface area contributed by atoms with Crippen LogP contribution in [0.1, 0.15) is 11.1 Å². The molecule has 0 unspecified atom stereocenters. The average molecular weight is 322 g/mol. The van der Waals surface area contributed by atoms with Gasteiger partial charge in [0.1, 0.15) is 11.4 Å². The lowest BCUT2D eigenvalue weighted by atomic mass is 10.1. The van der Waals surface area contributed by atoms with Crippen LogP contribution in [-0.2, 0) is 4.79 Å². The predicted octanol–water partition coefficient (Wildman–Crippen LogP) is 3.98. The van der Waals surface area contributed by atoms with Crippen LogP contribution in [0.15, 0.2) is 59.1 Å². The number of carbonyl (C=O) groups excluding carboxylic acids is 1. The Morgan fingerprint density at radius 1 is 1.08 bits per heavy atom. The van der Waals surface area contributed by atoms with Crippen LogP contribution >= 0.6 is 0 Å². The van der Waals surface area contributed by atoms with Crippen LogP contribution in [0.25, 0.3) is 11.3 Å². The molecule has 0 spiro atoms. The summed E-state index contributed by atoms with van der Waals surface area (Å²) in [5.41, 5.74) is 3.90. The molecule has 0 atom stereocenters. The third-order valence-electron chi connectivity index (χ3n) is 3.69. The molecule has 24 heavy (non-hydrogen) atoms. The SMILES string of the molecule is Cc1ccc(OCC(=O)Nc2cc(-c3ccccc3)no2)cc1C. The van der Waals surface area contributed by atoms with Crippen LogP contribution in [0.5, 0.6) is 5.75 Å². The van der Waals surface area contributed by atoms with Crippen molar-refractivity contribution in [2.45, 2.75) is 13.8 Å². The molecule has 5 heteroatoms. The molecular formula is C19H18N2O3. The largest absolute Gasteiger partial charge is 0.484 e. The molecular weight excluding hydrogens is 304 g/mol. The first kappa shape index (κ1) is 15.8. The lowest BCUT2D eigenvalue weighted by Gasteiger charge is -2.07. The highest BCUT2D eigenvalue weighted by molar-refractivity contribution is 5.91. The van der Waals surface area contributed by atoms with Gasteiger partial charge in [-0.15, -0.1) is 0 Å². The molecule has 3 rings (SSSR count). The van der Waals surface area contributed by atoms with Gasteiger partial charge in [0.15, 0.2) is 6.61 Å². The van der Waals surface area contributed by atoms with E-state index in [1.165, 1.54) is 5.56 Å². The van der Waals surface area contributed by atoms with Gasteiger partial charge in [0.2, 0.25) is 5.88 Å². The molecule has 1 amide bonds. The third-order valence-corrected chi connectivity index (χ3v) is 3.69. The summed E-state index contributed by atoms with van der Waals surface area (Å²) in [5.74, 6) is 0.655. The van der Waals surface area contributed by atoms with Crippen LogP contribution in [-0.4, -0.2) is 17.7 Å². The minimum atomic E-state index is -0.302. The smallest absolute Gasteiger partial charge is 0.264 e. The van der Waals surface area contributed by atoms with E-state index in [1.807, 2.05) is 62.4 Å². The van der Waals surface area contributed by atoms with Crippen LogP contribution in [0.2, 0.25) is 0 Å². The van der Waals surface area contributed by atoms with Crippen molar-refractivity contribution in [3.63, 3.8) is 0 Å². The second-order valence-corrected chi connectivity index (χ2v) is 5.53. The van der Waals surface area contributed by atoms with E-state index < -0.39 is 0 Å². The Kier molecular flexibility index (Phi) is 4.61. The standard InChI is InChI=1S/C19H18N2O3/c1-13-8-9-16(10-14(13)2)23-12-18(22)20-19-11-17(21-24-19)15-6-4-3-5-7-15/h3-11H,12H2,1-2H3,(H,20,22). The second kappa shape index (κ2) is 7.00. The van der Waals surface area contributed by atoms with Gasteiger partial charge >= 0.3 is 0 Å². The van der Waals surface area contributed by atoms with Crippen molar-refractivity contribution in [3.8, 4) is 17.0 Å². The van der Waals surface area contributed by atoms with Gasteiger partial charge in [0.25, 0.3) is 5.91 Å². The molecule has 0 aliphatic heterocycles. The van der Waals surface area contributed by atoms with E-state index in [4.69, 9.17) is 9.26 Å². The lowest BCUT2D eigenvalue weighted by molar-refractivity contribution is -0.118. The molecule has 1 aromatic heterocycles. The Hall–Kier alpha value is -3.08. The number of nitrogens with one attached hydrogen (secondary N) is 1. The van der Waals surface area contributed by atoms with Crippen molar-refractivity contribution < 1.29 is 14.1 Å². The van der Waals surface area contributed by atoms with E-state index in [-0.39, 0.29) is 12.5 Å². The first-order valence-electron chi connectivity index (χ1n) is 7.64. The topological polar surface area (TPSA) is 64.4 Å². The fourth-order valence-corrected chi connectivity index (χ4v) is 2.21. The molecule has 5 nitrogen and oxygen atoms in total. The number of benzene rings is 2. The highest BCUT2D eigenvalue weighted by atomic mass is 16.5. The molecule has 0 saturated heterocycles. The molecule has 0 aliphatic rings. The van der Waals surface area contributed by atoms with Crippen molar-refractivity contribution in [1.29, 1.82) is 0 Å². The minimum Gasteiger partial charge on any atom is -0.484 e. The van der Waals surface area contributed by atoms with Crippen molar-refractivity contribution >= 4 is 11.8 Å². The molecule has 1 N–H and O–H groups in total. The zero-order chi connectivity index (χ0) is 16.9. The number of anilines is 1. The van der Waals surface area contributed by atoms with Gasteiger partial charge in [-0.05, 0) is 37.1 Å². The molecule has 0 bridgehead atoms. The van der Waals surface area contributed by atoms with E-state index in [2.05, 4.69) is 10.5 Å². The van der Waals surface area contributed by atoms with Crippen LogP contribution in [0, 0.1) is 13.8 Å². The summed E-state index contributed by atoms with van der Waals surface area (Å²) >= 11 is 0. The number of rotatable bonds is 5. The molecule has 3 aromatic rings. The van der Waals surface area contributed by atoms with Gasteiger partial charge in [-0.2, -0.15) is 0 Å². The lowest BCUT2D eigenvalue weighted by Crippen LogP contribution is -2.19. The van der Waals surface area contributed by atoms with E-state index in [9.17, 15) is 4.79 Å². The maximum absolute atomic E-state index is 12.0. The number of hydrogen-bond acceptors (Lipinski definition) is 4. The third kappa shape index (κ3) is 3.81. The Labute approximate surface area is 140 Å². The minimum absolute atomic E-state index is 0.0934. The highest BCUT2D eigenvalue weighted by Crippen LogP contribution is 2.21. The van der Waals surface area contributed by atoms with E-state index in [0.29, 0.717) is 17.3 Å². The summed E-state index contributed by atoms with van der Waals surface area (Å²) in [6, 6.07) is 17.0. The van der Waals surface area contributed by atoms with Crippen LogP contribution < -0.4 is 10.1 Å². The van der Waals surface area contributed by atoms with Gasteiger partial charge in [-0.3, -0.25) is 10.1 Å². The number of amides is 1. The van der Waals surface area contributed by atoms with Crippen molar-refractivity contribution in [3.05, 3.63) is 65.7 Å². The molecule has 0 radical (unpaired) electrons. The van der Waals surface area contributed by atoms with Gasteiger partial charge in [0, 0.05) is 11.6 Å². The van der Waals surface area contributed by atoms with E-state index in [1.54, 1.807) is 6.07 Å². The van der Waals surface area contributed by atoms with Crippen LogP contribution in [0.4, 0.5) is 5.88 Å². The molecule has 2 aromatic carbocycles. The number of hydrogen-bond donors (Lipinski definition) is 1. The second-order valence-electron chi connectivity index (χ2n) is 5.53. The number of ether oxygens (including phenoxy) is 1. The monoisotopic (exact) mass is 322 g/mol. The fourth-order valence-electron chi connectivity index (χ4n) is 2.21. The fraction of sp³-hybridized carbons (Fsp3) is 0.158. The van der Waals surface area contributed by atoms with Crippen molar-refractivity contribution in [2.75, 3.05) is 11.9 Å². The van der Waals surface area contributed by atoms with E-state index in [0.717, 1.165) is 11.1 Å². The summed E-state index contributed by atoms with van der Waals surface area (Å²) in [6.07, 6.45) is 0. The summed E-state index contributed by atoms with van der Waals surface area (Å²) in [4.78, 5) is 12.0. The zero-order valence-corrected chi connectivity index (χ0v) is 13.6. The van der Waals surface area contributed by atoms with E-state index >= 15 is 0 Å². The summed E-state index contributed by atoms with van der Waals surface area (Å²) in [5, 5.41) is 6.58. The van der Waals surface area contributed by atoms with Gasteiger partial charge in [-0.25, -0.2) is 0 Å². The molecule has 122 valence electrons. The summed E-state index contributed by atoms with van der Waals surface area (Å²) in [6.45, 7) is 3.94. The Morgan fingerprint density at radius 2 is 1.88 bits per heavy atom. The molecule has 1 heterocycles. The Balaban J connectivity index is 1.57. The first-order chi connectivity index (χ1) is 11.6. The van der Waals surface area contributed by atoms with Gasteiger partial charge in [-0.1, -0.05) is 41.6 Å². The number of nitrogens with zero attached hydrogens (tertiary/aromatic N) is 1. The quantitative estimate of drug-likeness (QED) is 0.772. The summed E-state index contributed by atoms with van der Waals surface area (Å²) in [7, 11) is 0. The maximum Gasteiger partial charge on any atom is 0.264 e. The maximum atomic E-state index is 12.0. The molecule has 0 aliphatic carbocycles. The number of carbonyl (C=O) groups is 1. The number of aryl methyl sites for hydroxylation is 2. The summed E-state index contributed by atoms with van der Waals surface area (Å²) < 4.78 is 10.6. The zero-order valence-electron chi connectivity index (χ0n) is 13.6. The Morgan fingerprint density at radius 3 is 2.62 bits per heavy atom. The van der Waals surface area contributed by atoms with Gasteiger partial charge in [0.05, 0.1) is 0 Å². The van der Waals surface area contributed by atoms with Crippen molar-refractivity contribution in [1.82, 2.24) is 5.16 Å². The normalized spacial score (nSPS) is 10.4. The van der Waals surface area contributed by atoms with Crippen LogP contribution in [0.3, 0.4) is 0 Å². The first-order valence-corrected chi connectivity index (χ1v) is 7.64. The number of aromatic nitrogens is 1. The average Bonchev–Trinajstić information content (AvgIpc) is 3.05.